The first-order valence-corrected chi connectivity index (χ1v) is 14.3. The fourth-order valence-corrected chi connectivity index (χ4v) is 5.54. The fourth-order valence-electron chi connectivity index (χ4n) is 4.12. The number of hydrogen-bond donors (Lipinski definition) is 2. The zero-order valence-corrected chi connectivity index (χ0v) is 23.1. The summed E-state index contributed by atoms with van der Waals surface area (Å²) in [7, 11) is -4.11. The standard InChI is InChI=1S/C31H31N3O5S/c1-3-39-26-18-20-27(21-19-26)40(37,38)34(25-14-8-5-9-15-25)22-30(35)33-29-17-11-10-16-28(29)31(36)32-23(2)24-12-6-4-7-13-24/h4-21,23H,3,22H2,1-2H3,(H,32,36)(H,33,35)/t23-/m0/s1. The van der Waals surface area contributed by atoms with Gasteiger partial charge in [-0.05, 0) is 67.9 Å². The maximum absolute atomic E-state index is 13.7. The highest BCUT2D eigenvalue weighted by Gasteiger charge is 2.28. The molecule has 2 N–H and O–H groups in total. The van der Waals surface area contributed by atoms with Crippen molar-refractivity contribution in [2.75, 3.05) is 22.8 Å². The Morgan fingerprint density at radius 1 is 0.825 bits per heavy atom. The van der Waals surface area contributed by atoms with Gasteiger partial charge >= 0.3 is 0 Å². The van der Waals surface area contributed by atoms with Crippen molar-refractivity contribution in [2.45, 2.75) is 24.8 Å². The Bertz CT molecular complexity index is 1540. The molecule has 0 saturated heterocycles. The number of ether oxygens (including phenoxy) is 1. The highest BCUT2D eigenvalue weighted by atomic mass is 32.2. The molecule has 0 saturated carbocycles. The van der Waals surface area contributed by atoms with Crippen molar-refractivity contribution in [3.63, 3.8) is 0 Å². The smallest absolute Gasteiger partial charge is 0.264 e. The van der Waals surface area contributed by atoms with Crippen LogP contribution in [0.2, 0.25) is 0 Å². The van der Waals surface area contributed by atoms with Gasteiger partial charge in [-0.15, -0.1) is 0 Å². The third-order valence-electron chi connectivity index (χ3n) is 6.15. The normalized spacial score (nSPS) is 11.8. The highest BCUT2D eigenvalue weighted by molar-refractivity contribution is 7.92. The molecule has 40 heavy (non-hydrogen) atoms. The van der Waals surface area contributed by atoms with Crippen LogP contribution < -0.4 is 19.7 Å². The van der Waals surface area contributed by atoms with Gasteiger partial charge in [0.1, 0.15) is 12.3 Å². The van der Waals surface area contributed by atoms with Crippen LogP contribution in [-0.2, 0) is 14.8 Å². The van der Waals surface area contributed by atoms with E-state index in [9.17, 15) is 18.0 Å². The van der Waals surface area contributed by atoms with Crippen LogP contribution >= 0.6 is 0 Å². The third-order valence-corrected chi connectivity index (χ3v) is 7.94. The molecule has 4 rings (SSSR count). The Kier molecular flexibility index (Phi) is 9.19. The van der Waals surface area contributed by atoms with E-state index in [4.69, 9.17) is 4.74 Å². The van der Waals surface area contributed by atoms with Crippen molar-refractivity contribution in [3.05, 3.63) is 120 Å². The maximum atomic E-state index is 13.7. The minimum atomic E-state index is -4.11. The molecule has 0 aliphatic carbocycles. The minimum Gasteiger partial charge on any atom is -0.494 e. The van der Waals surface area contributed by atoms with Crippen molar-refractivity contribution in [2.24, 2.45) is 0 Å². The van der Waals surface area contributed by atoms with E-state index in [1.807, 2.05) is 44.2 Å². The summed E-state index contributed by atoms with van der Waals surface area (Å²) in [5.41, 5.74) is 1.81. The molecule has 9 heteroatoms. The number of nitrogens with one attached hydrogen (secondary N) is 2. The summed E-state index contributed by atoms with van der Waals surface area (Å²) in [5.74, 6) is -0.425. The second kappa shape index (κ2) is 12.9. The molecule has 0 fully saturated rings. The molecule has 0 unspecified atom stereocenters. The Morgan fingerprint density at radius 2 is 1.43 bits per heavy atom. The molecule has 0 radical (unpaired) electrons. The maximum Gasteiger partial charge on any atom is 0.264 e. The molecule has 0 heterocycles. The molecule has 0 aliphatic heterocycles. The van der Waals surface area contributed by atoms with Gasteiger partial charge in [-0.25, -0.2) is 8.42 Å². The molecule has 0 aliphatic rings. The number of anilines is 2. The minimum absolute atomic E-state index is 0.0160. The molecular formula is C31H31N3O5S. The predicted molar refractivity (Wildman–Crippen MR) is 156 cm³/mol. The summed E-state index contributed by atoms with van der Waals surface area (Å²) in [5, 5.41) is 5.67. The summed E-state index contributed by atoms with van der Waals surface area (Å²) < 4.78 is 33.8. The topological polar surface area (TPSA) is 105 Å². The second-order valence-electron chi connectivity index (χ2n) is 8.95. The Labute approximate surface area is 234 Å². The SMILES string of the molecule is CCOc1ccc(S(=O)(=O)N(CC(=O)Nc2ccccc2C(=O)N[C@@H](C)c2ccccc2)c2ccccc2)cc1. The number of nitrogens with zero attached hydrogens (tertiary/aromatic N) is 1. The second-order valence-corrected chi connectivity index (χ2v) is 10.8. The summed E-state index contributed by atoms with van der Waals surface area (Å²) in [6.07, 6.45) is 0. The lowest BCUT2D eigenvalue weighted by Crippen LogP contribution is -2.38. The van der Waals surface area contributed by atoms with Gasteiger partial charge in [0.05, 0.1) is 34.5 Å². The first-order valence-electron chi connectivity index (χ1n) is 12.8. The van der Waals surface area contributed by atoms with Gasteiger partial charge in [0.15, 0.2) is 0 Å². The van der Waals surface area contributed by atoms with Gasteiger partial charge in [0, 0.05) is 0 Å². The van der Waals surface area contributed by atoms with Gasteiger partial charge < -0.3 is 15.4 Å². The zero-order chi connectivity index (χ0) is 28.5. The van der Waals surface area contributed by atoms with Crippen molar-refractivity contribution in [3.8, 4) is 5.75 Å². The monoisotopic (exact) mass is 557 g/mol. The van der Waals surface area contributed by atoms with E-state index in [0.29, 0.717) is 18.0 Å². The lowest BCUT2D eigenvalue weighted by molar-refractivity contribution is -0.114. The van der Waals surface area contributed by atoms with Crippen LogP contribution in [0.15, 0.2) is 114 Å². The average Bonchev–Trinajstić information content (AvgIpc) is 2.97. The lowest BCUT2D eigenvalue weighted by Gasteiger charge is -2.24. The molecule has 8 nitrogen and oxygen atoms in total. The average molecular weight is 558 g/mol. The quantitative estimate of drug-likeness (QED) is 0.257. The summed E-state index contributed by atoms with van der Waals surface area (Å²) in [6.45, 7) is 3.66. The number of sulfonamides is 1. The van der Waals surface area contributed by atoms with E-state index in [1.165, 1.54) is 12.1 Å². The van der Waals surface area contributed by atoms with Crippen LogP contribution in [0.5, 0.6) is 5.75 Å². The van der Waals surface area contributed by atoms with E-state index in [1.54, 1.807) is 66.7 Å². The van der Waals surface area contributed by atoms with Crippen molar-refractivity contribution in [1.29, 1.82) is 0 Å². The summed E-state index contributed by atoms with van der Waals surface area (Å²) >= 11 is 0. The van der Waals surface area contributed by atoms with Gasteiger partial charge in [0.2, 0.25) is 5.91 Å². The first kappa shape index (κ1) is 28.4. The molecule has 0 spiro atoms. The van der Waals surface area contributed by atoms with Gasteiger partial charge in [-0.2, -0.15) is 0 Å². The zero-order valence-electron chi connectivity index (χ0n) is 22.3. The number of para-hydroxylation sites is 2. The van der Waals surface area contributed by atoms with Crippen LogP contribution in [0.25, 0.3) is 0 Å². The van der Waals surface area contributed by atoms with E-state index >= 15 is 0 Å². The molecule has 206 valence electrons. The molecule has 4 aromatic carbocycles. The number of amides is 2. The Hall–Kier alpha value is -4.63. The van der Waals surface area contributed by atoms with E-state index in [2.05, 4.69) is 10.6 Å². The number of rotatable bonds is 11. The first-order chi connectivity index (χ1) is 19.3. The number of carbonyl (C=O) groups is 2. The molecular weight excluding hydrogens is 526 g/mol. The van der Waals surface area contributed by atoms with Gasteiger partial charge in [-0.3, -0.25) is 13.9 Å². The fraction of sp³-hybridized carbons (Fsp3) is 0.161. The number of benzene rings is 4. The lowest BCUT2D eigenvalue weighted by atomic mass is 10.1. The summed E-state index contributed by atoms with van der Waals surface area (Å²) in [4.78, 5) is 26.4. The van der Waals surface area contributed by atoms with Crippen LogP contribution in [0.4, 0.5) is 11.4 Å². The number of carbonyl (C=O) groups excluding carboxylic acids is 2. The molecule has 4 aromatic rings. The largest absolute Gasteiger partial charge is 0.494 e. The summed E-state index contributed by atoms with van der Waals surface area (Å²) in [6, 6.07) is 30.3. The molecule has 0 aromatic heterocycles. The van der Waals surface area contributed by atoms with E-state index in [-0.39, 0.29) is 28.1 Å². The van der Waals surface area contributed by atoms with Crippen LogP contribution in [0, 0.1) is 0 Å². The molecule has 1 atom stereocenters. The van der Waals surface area contributed by atoms with Crippen molar-refractivity contribution < 1.29 is 22.7 Å². The van der Waals surface area contributed by atoms with E-state index < -0.39 is 22.5 Å². The number of hydrogen-bond acceptors (Lipinski definition) is 5. The molecule has 2 amide bonds. The van der Waals surface area contributed by atoms with Crippen molar-refractivity contribution >= 4 is 33.2 Å². The van der Waals surface area contributed by atoms with Crippen LogP contribution in [-0.4, -0.2) is 33.4 Å². The third kappa shape index (κ3) is 6.86. The molecule has 0 bridgehead atoms. The van der Waals surface area contributed by atoms with Gasteiger partial charge in [-0.1, -0.05) is 60.7 Å². The van der Waals surface area contributed by atoms with Gasteiger partial charge in [0.25, 0.3) is 15.9 Å². The predicted octanol–water partition coefficient (Wildman–Crippen LogP) is 5.41. The van der Waals surface area contributed by atoms with Crippen LogP contribution in [0.1, 0.15) is 35.8 Å². The van der Waals surface area contributed by atoms with Crippen LogP contribution in [0.3, 0.4) is 0 Å². The Balaban J connectivity index is 1.55. The highest BCUT2D eigenvalue weighted by Crippen LogP contribution is 2.26. The van der Waals surface area contributed by atoms with Crippen molar-refractivity contribution in [1.82, 2.24) is 5.32 Å². The Morgan fingerprint density at radius 3 is 2.08 bits per heavy atom. The van der Waals surface area contributed by atoms with E-state index in [0.717, 1.165) is 9.87 Å².